The second-order valence-corrected chi connectivity index (χ2v) is 5.58. The third-order valence-corrected chi connectivity index (χ3v) is 3.65. The van der Waals surface area contributed by atoms with E-state index < -0.39 is 12.1 Å². The third kappa shape index (κ3) is 3.82. The van der Waals surface area contributed by atoms with Gasteiger partial charge in [-0.1, -0.05) is 41.9 Å². The van der Waals surface area contributed by atoms with Crippen LogP contribution in [-0.2, 0) is 4.79 Å². The topological polar surface area (TPSA) is 35.5 Å². The second-order valence-electron chi connectivity index (χ2n) is 5.14. The first kappa shape index (κ1) is 15.4. The second kappa shape index (κ2) is 6.71. The molecule has 3 rings (SSSR count). The number of benzene rings is 3. The highest BCUT2D eigenvalue weighted by Crippen LogP contribution is 2.22. The monoisotopic (exact) mass is 326 g/mol. The Balaban J connectivity index is 1.68. The zero-order valence-corrected chi connectivity index (χ0v) is 13.3. The van der Waals surface area contributed by atoms with Gasteiger partial charge in [0.1, 0.15) is 11.5 Å². The first-order valence-corrected chi connectivity index (χ1v) is 7.62. The molecule has 0 amide bonds. The fraction of sp³-hybridized carbons (Fsp3) is 0.105. The van der Waals surface area contributed by atoms with E-state index in [-0.39, 0.29) is 0 Å². The van der Waals surface area contributed by atoms with Crippen molar-refractivity contribution in [2.75, 3.05) is 0 Å². The van der Waals surface area contributed by atoms with Crippen molar-refractivity contribution in [3.8, 4) is 11.5 Å². The minimum Gasteiger partial charge on any atom is -0.479 e. The zero-order valence-electron chi connectivity index (χ0n) is 12.5. The van der Waals surface area contributed by atoms with Gasteiger partial charge in [-0.25, -0.2) is 4.79 Å². The van der Waals surface area contributed by atoms with Crippen molar-refractivity contribution < 1.29 is 14.3 Å². The number of ether oxygens (including phenoxy) is 2. The van der Waals surface area contributed by atoms with Crippen LogP contribution in [0.25, 0.3) is 10.8 Å². The van der Waals surface area contributed by atoms with Crippen molar-refractivity contribution in [3.63, 3.8) is 0 Å². The van der Waals surface area contributed by atoms with Gasteiger partial charge in [0.25, 0.3) is 0 Å². The molecule has 0 N–H and O–H groups in total. The van der Waals surface area contributed by atoms with Gasteiger partial charge >= 0.3 is 5.97 Å². The first-order valence-electron chi connectivity index (χ1n) is 7.24. The standard InChI is InChI=1S/C19H15ClO3/c1-13(22-17-10-7-16(20)8-11-17)19(21)23-18-9-6-14-4-2-3-5-15(14)12-18/h2-13H,1H3/t13-/m1/s1. The SMILES string of the molecule is C[C@@H](Oc1ccc(Cl)cc1)C(=O)Oc1ccc2ccccc2c1. The average molecular weight is 327 g/mol. The maximum absolute atomic E-state index is 12.1. The smallest absolute Gasteiger partial charge is 0.352 e. The van der Waals surface area contributed by atoms with Gasteiger partial charge in [0, 0.05) is 5.02 Å². The van der Waals surface area contributed by atoms with E-state index >= 15 is 0 Å². The highest BCUT2D eigenvalue weighted by molar-refractivity contribution is 6.30. The highest BCUT2D eigenvalue weighted by Gasteiger charge is 2.17. The number of hydrogen-bond donors (Lipinski definition) is 0. The average Bonchev–Trinajstić information content (AvgIpc) is 2.56. The summed E-state index contributed by atoms with van der Waals surface area (Å²) in [6.07, 6.45) is -0.720. The van der Waals surface area contributed by atoms with E-state index in [9.17, 15) is 4.79 Å². The Morgan fingerprint density at radius 1 is 0.913 bits per heavy atom. The number of hydrogen-bond acceptors (Lipinski definition) is 3. The Kier molecular flexibility index (Phi) is 4.49. The lowest BCUT2D eigenvalue weighted by molar-refractivity contribution is -0.141. The van der Waals surface area contributed by atoms with Gasteiger partial charge < -0.3 is 9.47 Å². The molecule has 0 saturated carbocycles. The Morgan fingerprint density at radius 3 is 2.30 bits per heavy atom. The highest BCUT2D eigenvalue weighted by atomic mass is 35.5. The Bertz CT molecular complexity index is 827. The summed E-state index contributed by atoms with van der Waals surface area (Å²) in [5.41, 5.74) is 0. The summed E-state index contributed by atoms with van der Waals surface area (Å²) in [7, 11) is 0. The molecule has 0 aromatic heterocycles. The van der Waals surface area contributed by atoms with E-state index in [2.05, 4.69) is 0 Å². The maximum Gasteiger partial charge on any atom is 0.352 e. The van der Waals surface area contributed by atoms with E-state index in [1.54, 1.807) is 37.3 Å². The molecule has 0 aliphatic heterocycles. The summed E-state index contributed by atoms with van der Waals surface area (Å²) in [6, 6.07) is 20.3. The van der Waals surface area contributed by atoms with E-state index in [0.717, 1.165) is 10.8 Å². The molecular formula is C19H15ClO3. The van der Waals surface area contributed by atoms with Crippen LogP contribution in [0, 0.1) is 0 Å². The molecule has 4 heteroatoms. The lowest BCUT2D eigenvalue weighted by Crippen LogP contribution is -2.28. The Labute approximate surface area is 139 Å². The van der Waals surface area contributed by atoms with Gasteiger partial charge in [-0.15, -0.1) is 0 Å². The van der Waals surface area contributed by atoms with Crippen LogP contribution in [0.15, 0.2) is 66.7 Å². The van der Waals surface area contributed by atoms with Gasteiger partial charge in [0.2, 0.25) is 0 Å². The molecule has 0 aliphatic rings. The van der Waals surface area contributed by atoms with Gasteiger partial charge in [-0.2, -0.15) is 0 Å². The minimum absolute atomic E-state index is 0.449. The van der Waals surface area contributed by atoms with Crippen molar-refractivity contribution in [3.05, 3.63) is 71.8 Å². The predicted octanol–water partition coefficient (Wildman–Crippen LogP) is 4.87. The molecule has 0 fully saturated rings. The van der Waals surface area contributed by atoms with Crippen LogP contribution in [-0.4, -0.2) is 12.1 Å². The van der Waals surface area contributed by atoms with Crippen LogP contribution in [0.2, 0.25) is 5.02 Å². The third-order valence-electron chi connectivity index (χ3n) is 3.40. The van der Waals surface area contributed by atoms with Crippen molar-refractivity contribution in [1.82, 2.24) is 0 Å². The lowest BCUT2D eigenvalue weighted by atomic mass is 10.1. The Morgan fingerprint density at radius 2 is 1.57 bits per heavy atom. The normalized spacial score (nSPS) is 11.9. The van der Waals surface area contributed by atoms with Crippen molar-refractivity contribution in [1.29, 1.82) is 0 Å². The van der Waals surface area contributed by atoms with Gasteiger partial charge in [0.15, 0.2) is 6.10 Å². The van der Waals surface area contributed by atoms with Crippen molar-refractivity contribution >= 4 is 28.3 Å². The van der Waals surface area contributed by atoms with Crippen molar-refractivity contribution in [2.45, 2.75) is 13.0 Å². The molecule has 23 heavy (non-hydrogen) atoms. The number of esters is 1. The minimum atomic E-state index is -0.720. The molecule has 0 aliphatic carbocycles. The van der Waals surface area contributed by atoms with E-state index in [1.807, 2.05) is 36.4 Å². The quantitative estimate of drug-likeness (QED) is 0.507. The molecule has 3 aromatic carbocycles. The molecule has 3 nitrogen and oxygen atoms in total. The van der Waals surface area contributed by atoms with Gasteiger partial charge in [-0.05, 0) is 54.1 Å². The molecule has 3 aromatic rings. The van der Waals surface area contributed by atoms with E-state index in [0.29, 0.717) is 16.5 Å². The summed E-state index contributed by atoms with van der Waals surface area (Å²) < 4.78 is 10.9. The number of halogens is 1. The van der Waals surface area contributed by atoms with E-state index in [1.165, 1.54) is 0 Å². The molecule has 0 unspecified atom stereocenters. The Hall–Kier alpha value is -2.52. The van der Waals surface area contributed by atoms with Crippen molar-refractivity contribution in [2.24, 2.45) is 0 Å². The number of fused-ring (bicyclic) bond motifs is 1. The van der Waals surface area contributed by atoms with Crippen LogP contribution in [0.4, 0.5) is 0 Å². The predicted molar refractivity (Wildman–Crippen MR) is 91.1 cm³/mol. The molecule has 0 bridgehead atoms. The lowest BCUT2D eigenvalue weighted by Gasteiger charge is -2.14. The number of rotatable bonds is 4. The largest absolute Gasteiger partial charge is 0.479 e. The number of carbonyl (C=O) groups excluding carboxylic acids is 1. The van der Waals surface area contributed by atoms with Crippen LogP contribution in [0.3, 0.4) is 0 Å². The molecule has 0 saturated heterocycles. The summed E-state index contributed by atoms with van der Waals surface area (Å²) in [5, 5.41) is 2.73. The summed E-state index contributed by atoms with van der Waals surface area (Å²) in [5.74, 6) is 0.618. The van der Waals surface area contributed by atoms with Crippen LogP contribution < -0.4 is 9.47 Å². The number of carbonyl (C=O) groups is 1. The molecule has 0 spiro atoms. The fourth-order valence-corrected chi connectivity index (χ4v) is 2.32. The molecule has 1 atom stereocenters. The van der Waals surface area contributed by atoms with Gasteiger partial charge in [-0.3, -0.25) is 0 Å². The van der Waals surface area contributed by atoms with Crippen LogP contribution in [0.1, 0.15) is 6.92 Å². The summed E-state index contributed by atoms with van der Waals surface area (Å²) in [6.45, 7) is 1.65. The zero-order chi connectivity index (χ0) is 16.2. The maximum atomic E-state index is 12.1. The summed E-state index contributed by atoms with van der Waals surface area (Å²) >= 11 is 5.82. The fourth-order valence-electron chi connectivity index (χ4n) is 2.20. The van der Waals surface area contributed by atoms with Crippen LogP contribution >= 0.6 is 11.6 Å². The first-order chi connectivity index (χ1) is 11.1. The van der Waals surface area contributed by atoms with Crippen LogP contribution in [0.5, 0.6) is 11.5 Å². The van der Waals surface area contributed by atoms with Gasteiger partial charge in [0.05, 0.1) is 0 Å². The molecule has 116 valence electrons. The molecule has 0 heterocycles. The van der Waals surface area contributed by atoms with E-state index in [4.69, 9.17) is 21.1 Å². The molecular weight excluding hydrogens is 312 g/mol. The molecule has 0 radical (unpaired) electrons. The summed E-state index contributed by atoms with van der Waals surface area (Å²) in [4.78, 5) is 12.1.